The van der Waals surface area contributed by atoms with Gasteiger partial charge in [0, 0.05) is 5.56 Å². The Morgan fingerprint density at radius 3 is 2.32 bits per heavy atom. The van der Waals surface area contributed by atoms with E-state index in [1.165, 1.54) is 12.1 Å². The quantitative estimate of drug-likeness (QED) is 0.813. The first-order chi connectivity index (χ1) is 9.29. The van der Waals surface area contributed by atoms with E-state index >= 15 is 0 Å². The molecule has 1 N–H and O–H groups in total. The number of para-hydroxylation sites is 1. The third kappa shape index (κ3) is 3.96. The number of hydrogen-bond donors (Lipinski definition) is 1. The van der Waals surface area contributed by atoms with Crippen molar-refractivity contribution in [3.63, 3.8) is 0 Å². The lowest BCUT2D eigenvalue weighted by Crippen LogP contribution is -2.10. The second-order valence-corrected chi connectivity index (χ2v) is 3.92. The average molecular weight is 262 g/mol. The largest absolute Gasteiger partial charge is 0.490 e. The van der Waals surface area contributed by atoms with Crippen LogP contribution in [0.3, 0.4) is 0 Å². The predicted molar refractivity (Wildman–Crippen MR) is 69.8 cm³/mol. The van der Waals surface area contributed by atoms with E-state index in [0.717, 1.165) is 5.56 Å². The van der Waals surface area contributed by atoms with E-state index in [4.69, 9.17) is 14.6 Å². The van der Waals surface area contributed by atoms with Gasteiger partial charge in [-0.15, -0.1) is 0 Å². The van der Waals surface area contributed by atoms with Crippen LogP contribution in [0.2, 0.25) is 0 Å². The first-order valence-corrected chi connectivity index (χ1v) is 5.99. The van der Waals surface area contributed by atoms with Crippen LogP contribution in [0.25, 0.3) is 0 Å². The highest BCUT2D eigenvalue weighted by Crippen LogP contribution is 2.17. The fraction of sp³-hybridized carbons (Fsp3) is 0.200. The Morgan fingerprint density at radius 2 is 1.58 bits per heavy atom. The number of aliphatic hydroxyl groups excluding tert-OH is 1. The lowest BCUT2D eigenvalue weighted by Gasteiger charge is -2.10. The molecule has 0 spiro atoms. The number of benzene rings is 2. The fourth-order valence-corrected chi connectivity index (χ4v) is 1.62. The van der Waals surface area contributed by atoms with Crippen LogP contribution in [0, 0.1) is 5.82 Å². The number of ether oxygens (including phenoxy) is 2. The van der Waals surface area contributed by atoms with Crippen LogP contribution in [0.15, 0.2) is 48.5 Å². The summed E-state index contributed by atoms with van der Waals surface area (Å²) in [6, 6.07) is 13.1. The SMILES string of the molecule is OCc1ccccc1OCCOc1ccc(F)cc1. The van der Waals surface area contributed by atoms with Gasteiger partial charge in [0.25, 0.3) is 0 Å². The third-order valence-electron chi connectivity index (χ3n) is 2.57. The van der Waals surface area contributed by atoms with Crippen LogP contribution in [-0.2, 0) is 6.61 Å². The van der Waals surface area contributed by atoms with Gasteiger partial charge in [-0.05, 0) is 30.3 Å². The fourth-order valence-electron chi connectivity index (χ4n) is 1.62. The molecule has 0 saturated carbocycles. The van der Waals surface area contributed by atoms with Crippen molar-refractivity contribution in [3.8, 4) is 11.5 Å². The van der Waals surface area contributed by atoms with Gasteiger partial charge in [-0.1, -0.05) is 18.2 Å². The van der Waals surface area contributed by atoms with Gasteiger partial charge in [-0.3, -0.25) is 0 Å². The molecule has 0 atom stereocenters. The van der Waals surface area contributed by atoms with E-state index in [1.54, 1.807) is 24.3 Å². The number of hydrogen-bond acceptors (Lipinski definition) is 3. The van der Waals surface area contributed by atoms with Crippen molar-refractivity contribution in [2.45, 2.75) is 6.61 Å². The zero-order valence-corrected chi connectivity index (χ0v) is 10.4. The van der Waals surface area contributed by atoms with E-state index in [2.05, 4.69) is 0 Å². The zero-order chi connectivity index (χ0) is 13.5. The molecule has 100 valence electrons. The normalized spacial score (nSPS) is 10.2. The van der Waals surface area contributed by atoms with Gasteiger partial charge < -0.3 is 14.6 Å². The minimum absolute atomic E-state index is 0.0605. The molecule has 19 heavy (non-hydrogen) atoms. The molecule has 4 heteroatoms. The first-order valence-electron chi connectivity index (χ1n) is 5.99. The van der Waals surface area contributed by atoms with Gasteiger partial charge in [0.2, 0.25) is 0 Å². The molecular weight excluding hydrogens is 247 g/mol. The molecule has 0 aliphatic rings. The summed E-state index contributed by atoms with van der Waals surface area (Å²) in [5, 5.41) is 9.13. The molecule has 0 heterocycles. The second-order valence-electron chi connectivity index (χ2n) is 3.92. The Morgan fingerprint density at radius 1 is 0.895 bits per heavy atom. The molecule has 0 aliphatic heterocycles. The molecule has 0 radical (unpaired) electrons. The first kappa shape index (κ1) is 13.4. The smallest absolute Gasteiger partial charge is 0.124 e. The van der Waals surface area contributed by atoms with Crippen LogP contribution in [-0.4, -0.2) is 18.3 Å². The molecular formula is C15H15FO3. The highest BCUT2D eigenvalue weighted by Gasteiger charge is 2.01. The molecule has 2 aromatic carbocycles. The van der Waals surface area contributed by atoms with Crippen LogP contribution in [0.4, 0.5) is 4.39 Å². The van der Waals surface area contributed by atoms with Gasteiger partial charge in [0.05, 0.1) is 6.61 Å². The second kappa shape index (κ2) is 6.75. The highest BCUT2D eigenvalue weighted by atomic mass is 19.1. The van der Waals surface area contributed by atoms with Gasteiger partial charge in [0.1, 0.15) is 30.5 Å². The Hall–Kier alpha value is -2.07. The average Bonchev–Trinajstić information content (AvgIpc) is 2.46. The summed E-state index contributed by atoms with van der Waals surface area (Å²) in [6.07, 6.45) is 0. The topological polar surface area (TPSA) is 38.7 Å². The Kier molecular flexibility index (Phi) is 4.75. The summed E-state index contributed by atoms with van der Waals surface area (Å²) in [5.41, 5.74) is 0.740. The molecule has 3 nitrogen and oxygen atoms in total. The Labute approximate surface area is 111 Å². The van der Waals surface area contributed by atoms with Crippen LogP contribution in [0.5, 0.6) is 11.5 Å². The zero-order valence-electron chi connectivity index (χ0n) is 10.4. The van der Waals surface area contributed by atoms with Crippen LogP contribution in [0.1, 0.15) is 5.56 Å². The molecule has 0 amide bonds. The van der Waals surface area contributed by atoms with E-state index in [-0.39, 0.29) is 12.4 Å². The number of aliphatic hydroxyl groups is 1. The third-order valence-corrected chi connectivity index (χ3v) is 2.57. The number of halogens is 1. The van der Waals surface area contributed by atoms with Crippen LogP contribution < -0.4 is 9.47 Å². The van der Waals surface area contributed by atoms with E-state index < -0.39 is 0 Å². The van der Waals surface area contributed by atoms with Crippen molar-refractivity contribution in [2.24, 2.45) is 0 Å². The Bertz CT molecular complexity index is 511. The maximum atomic E-state index is 12.7. The van der Waals surface area contributed by atoms with Crippen molar-refractivity contribution in [3.05, 3.63) is 59.9 Å². The predicted octanol–water partition coefficient (Wildman–Crippen LogP) is 2.78. The molecule has 0 aromatic heterocycles. The van der Waals surface area contributed by atoms with Crippen molar-refractivity contribution in [2.75, 3.05) is 13.2 Å². The summed E-state index contributed by atoms with van der Waals surface area (Å²) in [7, 11) is 0. The lowest BCUT2D eigenvalue weighted by molar-refractivity contribution is 0.209. The summed E-state index contributed by atoms with van der Waals surface area (Å²) in [4.78, 5) is 0. The molecule has 0 bridgehead atoms. The lowest BCUT2D eigenvalue weighted by atomic mass is 10.2. The van der Waals surface area contributed by atoms with Crippen molar-refractivity contribution in [1.82, 2.24) is 0 Å². The summed E-state index contributed by atoms with van der Waals surface area (Å²) >= 11 is 0. The molecule has 2 aromatic rings. The maximum Gasteiger partial charge on any atom is 0.124 e. The van der Waals surface area contributed by atoms with E-state index in [1.807, 2.05) is 12.1 Å². The van der Waals surface area contributed by atoms with Crippen molar-refractivity contribution < 1.29 is 19.0 Å². The van der Waals surface area contributed by atoms with E-state index in [9.17, 15) is 4.39 Å². The maximum absolute atomic E-state index is 12.7. The monoisotopic (exact) mass is 262 g/mol. The molecule has 0 aliphatic carbocycles. The molecule has 0 fully saturated rings. The van der Waals surface area contributed by atoms with Gasteiger partial charge in [-0.25, -0.2) is 4.39 Å². The van der Waals surface area contributed by atoms with Crippen molar-refractivity contribution >= 4 is 0 Å². The highest BCUT2D eigenvalue weighted by molar-refractivity contribution is 5.32. The van der Waals surface area contributed by atoms with Crippen molar-refractivity contribution in [1.29, 1.82) is 0 Å². The minimum Gasteiger partial charge on any atom is -0.490 e. The summed E-state index contributed by atoms with van der Waals surface area (Å²) < 4.78 is 23.6. The molecule has 0 saturated heterocycles. The van der Waals surface area contributed by atoms with Gasteiger partial charge >= 0.3 is 0 Å². The van der Waals surface area contributed by atoms with Crippen LogP contribution >= 0.6 is 0 Å². The molecule has 2 rings (SSSR count). The van der Waals surface area contributed by atoms with Gasteiger partial charge in [-0.2, -0.15) is 0 Å². The minimum atomic E-state index is -0.291. The summed E-state index contributed by atoms with van der Waals surface area (Å²) in [6.45, 7) is 0.648. The van der Waals surface area contributed by atoms with E-state index in [0.29, 0.717) is 24.7 Å². The summed E-state index contributed by atoms with van der Waals surface area (Å²) in [5.74, 6) is 0.952. The standard InChI is InChI=1S/C15H15FO3/c16-13-5-7-14(8-6-13)18-9-10-19-15-4-2-1-3-12(15)11-17/h1-8,17H,9-11H2. The number of rotatable bonds is 6. The molecule has 0 unspecified atom stereocenters. The van der Waals surface area contributed by atoms with Gasteiger partial charge in [0.15, 0.2) is 0 Å². The Balaban J connectivity index is 1.79.